The summed E-state index contributed by atoms with van der Waals surface area (Å²) in [4.78, 5) is 8.91. The fraction of sp³-hybridized carbons (Fsp3) is 0.235. The van der Waals surface area contributed by atoms with Gasteiger partial charge in [-0.2, -0.15) is 4.98 Å². The standard InChI is InChI=1S/C17H19N5O/c1-10-5-11(2)7-14(6-10)19-17-18-12(3)8-15(21-17)20-16-9-13(4)23-22-16/h5-9H,1-4H3,(H2,18,19,20,21,22). The van der Waals surface area contributed by atoms with Crippen molar-refractivity contribution in [2.75, 3.05) is 10.6 Å². The zero-order valence-electron chi connectivity index (χ0n) is 13.6. The molecule has 23 heavy (non-hydrogen) atoms. The highest BCUT2D eigenvalue weighted by molar-refractivity contribution is 5.59. The molecule has 6 heteroatoms. The molecule has 6 nitrogen and oxygen atoms in total. The van der Waals surface area contributed by atoms with E-state index >= 15 is 0 Å². The number of anilines is 4. The Morgan fingerprint density at radius 3 is 2.17 bits per heavy atom. The molecule has 0 radical (unpaired) electrons. The summed E-state index contributed by atoms with van der Waals surface area (Å²) in [6.07, 6.45) is 0. The summed E-state index contributed by atoms with van der Waals surface area (Å²) in [6.45, 7) is 7.90. The van der Waals surface area contributed by atoms with Crippen molar-refractivity contribution in [1.82, 2.24) is 15.1 Å². The van der Waals surface area contributed by atoms with Gasteiger partial charge in [0.15, 0.2) is 5.82 Å². The number of aryl methyl sites for hydroxylation is 4. The molecule has 0 aliphatic carbocycles. The van der Waals surface area contributed by atoms with Gasteiger partial charge in [0.25, 0.3) is 0 Å². The molecule has 2 N–H and O–H groups in total. The topological polar surface area (TPSA) is 75.9 Å². The number of rotatable bonds is 4. The summed E-state index contributed by atoms with van der Waals surface area (Å²) >= 11 is 0. The van der Waals surface area contributed by atoms with Crippen molar-refractivity contribution in [2.45, 2.75) is 27.7 Å². The van der Waals surface area contributed by atoms with E-state index in [1.54, 1.807) is 0 Å². The van der Waals surface area contributed by atoms with E-state index in [-0.39, 0.29) is 0 Å². The van der Waals surface area contributed by atoms with Gasteiger partial charge in [0.2, 0.25) is 5.95 Å². The molecule has 2 heterocycles. The second-order valence-electron chi connectivity index (χ2n) is 5.67. The Morgan fingerprint density at radius 2 is 1.52 bits per heavy atom. The molecule has 3 aromatic rings. The maximum absolute atomic E-state index is 5.05. The van der Waals surface area contributed by atoms with Gasteiger partial charge in [-0.25, -0.2) is 4.98 Å². The van der Waals surface area contributed by atoms with Gasteiger partial charge in [0, 0.05) is 23.5 Å². The van der Waals surface area contributed by atoms with Crippen LogP contribution in [0, 0.1) is 27.7 Å². The largest absolute Gasteiger partial charge is 0.360 e. The van der Waals surface area contributed by atoms with E-state index in [4.69, 9.17) is 4.52 Å². The van der Waals surface area contributed by atoms with Crippen LogP contribution < -0.4 is 10.6 Å². The first-order valence-corrected chi connectivity index (χ1v) is 7.39. The molecule has 0 aliphatic rings. The van der Waals surface area contributed by atoms with Gasteiger partial charge in [-0.3, -0.25) is 0 Å². The average Bonchev–Trinajstić information content (AvgIpc) is 2.82. The van der Waals surface area contributed by atoms with Gasteiger partial charge in [-0.1, -0.05) is 11.2 Å². The molecule has 3 rings (SSSR count). The maximum atomic E-state index is 5.05. The third-order valence-corrected chi connectivity index (χ3v) is 3.22. The highest BCUT2D eigenvalue weighted by atomic mass is 16.5. The van der Waals surface area contributed by atoms with Crippen LogP contribution in [0.15, 0.2) is 34.9 Å². The quantitative estimate of drug-likeness (QED) is 0.752. The van der Waals surface area contributed by atoms with Crippen LogP contribution >= 0.6 is 0 Å². The highest BCUT2D eigenvalue weighted by Gasteiger charge is 2.06. The molecule has 1 aromatic carbocycles. The van der Waals surface area contributed by atoms with Crippen LogP contribution in [0.5, 0.6) is 0 Å². The summed E-state index contributed by atoms with van der Waals surface area (Å²) in [5.74, 6) is 2.57. The maximum Gasteiger partial charge on any atom is 0.229 e. The van der Waals surface area contributed by atoms with Crippen LogP contribution in [0.2, 0.25) is 0 Å². The fourth-order valence-electron chi connectivity index (χ4n) is 2.42. The third-order valence-electron chi connectivity index (χ3n) is 3.22. The lowest BCUT2D eigenvalue weighted by atomic mass is 10.1. The molecular formula is C17H19N5O. The molecule has 118 valence electrons. The summed E-state index contributed by atoms with van der Waals surface area (Å²) in [5.41, 5.74) is 4.21. The fourth-order valence-corrected chi connectivity index (χ4v) is 2.42. The van der Waals surface area contributed by atoms with E-state index in [0.717, 1.165) is 17.1 Å². The van der Waals surface area contributed by atoms with Crippen LogP contribution in [0.1, 0.15) is 22.6 Å². The van der Waals surface area contributed by atoms with Gasteiger partial charge in [-0.05, 0) is 51.0 Å². The van der Waals surface area contributed by atoms with Gasteiger partial charge < -0.3 is 15.2 Å². The van der Waals surface area contributed by atoms with Gasteiger partial charge in [0.05, 0.1) is 0 Å². The van der Waals surface area contributed by atoms with Crippen LogP contribution in [-0.2, 0) is 0 Å². The van der Waals surface area contributed by atoms with Gasteiger partial charge in [-0.15, -0.1) is 0 Å². The minimum Gasteiger partial charge on any atom is -0.360 e. The molecule has 0 aliphatic heterocycles. The number of hydrogen-bond acceptors (Lipinski definition) is 6. The summed E-state index contributed by atoms with van der Waals surface area (Å²) in [6, 6.07) is 9.92. The highest BCUT2D eigenvalue weighted by Crippen LogP contribution is 2.20. The molecule has 0 fully saturated rings. The Kier molecular flexibility index (Phi) is 3.97. The molecule has 0 saturated heterocycles. The first kappa shape index (κ1) is 15.0. The minimum atomic E-state index is 0.540. The van der Waals surface area contributed by atoms with Crippen LogP contribution in [0.4, 0.5) is 23.3 Å². The number of aromatic nitrogens is 3. The molecule has 2 aromatic heterocycles. The Bertz CT molecular complexity index is 821. The lowest BCUT2D eigenvalue weighted by molar-refractivity contribution is 0.400. The summed E-state index contributed by atoms with van der Waals surface area (Å²) in [7, 11) is 0. The predicted octanol–water partition coefficient (Wildman–Crippen LogP) is 4.19. The molecule has 0 saturated carbocycles. The van der Waals surface area contributed by atoms with Gasteiger partial charge in [0.1, 0.15) is 11.6 Å². The normalized spacial score (nSPS) is 10.6. The van der Waals surface area contributed by atoms with E-state index in [2.05, 4.69) is 57.8 Å². The molecule has 0 spiro atoms. The zero-order valence-corrected chi connectivity index (χ0v) is 13.6. The third kappa shape index (κ3) is 3.85. The molecule has 0 atom stereocenters. The summed E-state index contributed by atoms with van der Waals surface area (Å²) in [5, 5.41) is 10.3. The SMILES string of the molecule is Cc1cc(C)cc(Nc2nc(C)cc(Nc3cc(C)on3)n2)c1. The molecular weight excluding hydrogens is 290 g/mol. The molecule has 0 amide bonds. The predicted molar refractivity (Wildman–Crippen MR) is 90.5 cm³/mol. The number of nitrogens with zero attached hydrogens (tertiary/aromatic N) is 3. The van der Waals surface area contributed by atoms with Crippen molar-refractivity contribution < 1.29 is 4.52 Å². The van der Waals surface area contributed by atoms with Crippen molar-refractivity contribution in [2.24, 2.45) is 0 Å². The van der Waals surface area contributed by atoms with E-state index in [9.17, 15) is 0 Å². The van der Waals surface area contributed by atoms with Crippen LogP contribution in [0.25, 0.3) is 0 Å². The van der Waals surface area contributed by atoms with Crippen molar-refractivity contribution in [3.05, 3.63) is 52.9 Å². The van der Waals surface area contributed by atoms with Crippen LogP contribution in [0.3, 0.4) is 0 Å². The Hall–Kier alpha value is -2.89. The molecule has 0 bridgehead atoms. The van der Waals surface area contributed by atoms with Crippen molar-refractivity contribution >= 4 is 23.3 Å². The van der Waals surface area contributed by atoms with Gasteiger partial charge >= 0.3 is 0 Å². The zero-order chi connectivity index (χ0) is 16.4. The van der Waals surface area contributed by atoms with Crippen molar-refractivity contribution in [3.8, 4) is 0 Å². The second-order valence-corrected chi connectivity index (χ2v) is 5.67. The number of hydrogen-bond donors (Lipinski definition) is 2. The van der Waals surface area contributed by atoms with Crippen molar-refractivity contribution in [1.29, 1.82) is 0 Å². The van der Waals surface area contributed by atoms with Crippen molar-refractivity contribution in [3.63, 3.8) is 0 Å². The Balaban J connectivity index is 1.85. The smallest absolute Gasteiger partial charge is 0.229 e. The van der Waals surface area contributed by atoms with E-state index < -0.39 is 0 Å². The van der Waals surface area contributed by atoms with E-state index in [1.165, 1.54) is 11.1 Å². The lowest BCUT2D eigenvalue weighted by Gasteiger charge is -2.10. The first-order valence-electron chi connectivity index (χ1n) is 7.39. The first-order chi connectivity index (χ1) is 11.0. The Labute approximate surface area is 135 Å². The second kappa shape index (κ2) is 6.08. The molecule has 0 unspecified atom stereocenters. The monoisotopic (exact) mass is 309 g/mol. The van der Waals surface area contributed by atoms with E-state index in [1.807, 2.05) is 26.0 Å². The number of benzene rings is 1. The minimum absolute atomic E-state index is 0.540. The van der Waals surface area contributed by atoms with Crippen LogP contribution in [-0.4, -0.2) is 15.1 Å². The Morgan fingerprint density at radius 1 is 0.783 bits per heavy atom. The lowest BCUT2D eigenvalue weighted by Crippen LogP contribution is -2.02. The number of nitrogens with one attached hydrogen (secondary N) is 2. The summed E-state index contributed by atoms with van der Waals surface area (Å²) < 4.78 is 5.05. The average molecular weight is 309 g/mol. The van der Waals surface area contributed by atoms with E-state index in [0.29, 0.717) is 17.6 Å².